The summed E-state index contributed by atoms with van der Waals surface area (Å²) in [6.45, 7) is 1.56. The number of piperidine rings is 1. The highest BCUT2D eigenvalue weighted by atomic mass is 19.1. The predicted octanol–water partition coefficient (Wildman–Crippen LogP) is 0.834. The van der Waals surface area contributed by atoms with Crippen LogP contribution in [0.5, 0.6) is 0 Å². The molecule has 0 aromatic carbocycles. The summed E-state index contributed by atoms with van der Waals surface area (Å²) in [6.07, 6.45) is 2.86. The molecule has 1 amide bonds. The predicted molar refractivity (Wildman–Crippen MR) is 66.2 cm³/mol. The molecule has 1 aliphatic rings. The van der Waals surface area contributed by atoms with Gasteiger partial charge in [-0.15, -0.1) is 0 Å². The van der Waals surface area contributed by atoms with Crippen LogP contribution < -0.4 is 0 Å². The zero-order valence-electron chi connectivity index (χ0n) is 10.6. The van der Waals surface area contributed by atoms with E-state index < -0.39 is 5.95 Å². The Morgan fingerprint density at radius 1 is 1.47 bits per heavy atom. The van der Waals surface area contributed by atoms with Gasteiger partial charge in [-0.05, 0) is 25.0 Å². The second kappa shape index (κ2) is 6.58. The fraction of sp³-hybridized carbons (Fsp3) is 0.538. The molecule has 0 atom stereocenters. The van der Waals surface area contributed by atoms with Gasteiger partial charge in [-0.25, -0.2) is 4.98 Å². The Kier molecular flexibility index (Phi) is 4.81. The maximum atomic E-state index is 12.7. The number of likely N-dealkylation sites (tertiary alicyclic amines) is 1. The van der Waals surface area contributed by atoms with Crippen LogP contribution in [0.4, 0.5) is 4.39 Å². The largest absolute Gasteiger partial charge is 0.394 e. The number of aliphatic hydroxyl groups excluding tert-OH is 1. The topological polar surface area (TPSA) is 62.7 Å². The van der Waals surface area contributed by atoms with Gasteiger partial charge >= 0.3 is 0 Å². The molecule has 1 aromatic rings. The van der Waals surface area contributed by atoms with Crippen molar-refractivity contribution in [2.75, 3.05) is 26.3 Å². The molecule has 0 aliphatic carbocycles. The van der Waals surface area contributed by atoms with Crippen LogP contribution in [0.1, 0.15) is 23.2 Å². The van der Waals surface area contributed by atoms with Crippen LogP contribution in [0.25, 0.3) is 0 Å². The summed E-state index contributed by atoms with van der Waals surface area (Å²) >= 11 is 0. The van der Waals surface area contributed by atoms with Gasteiger partial charge in [0.1, 0.15) is 0 Å². The fourth-order valence-corrected chi connectivity index (χ4v) is 2.13. The molecule has 0 unspecified atom stereocenters. The van der Waals surface area contributed by atoms with E-state index in [1.807, 2.05) is 0 Å². The Morgan fingerprint density at radius 3 is 2.79 bits per heavy atom. The highest BCUT2D eigenvalue weighted by Gasteiger charge is 2.24. The van der Waals surface area contributed by atoms with E-state index in [1.54, 1.807) is 4.90 Å². The number of ether oxygens (including phenoxy) is 1. The third-order valence-corrected chi connectivity index (χ3v) is 3.15. The van der Waals surface area contributed by atoms with Gasteiger partial charge in [0.05, 0.1) is 24.9 Å². The molecular formula is C13H17FN2O3. The molecule has 0 radical (unpaired) electrons. The zero-order chi connectivity index (χ0) is 13.7. The summed E-state index contributed by atoms with van der Waals surface area (Å²) in [5.74, 6) is -0.722. The van der Waals surface area contributed by atoms with Crippen molar-refractivity contribution in [2.24, 2.45) is 0 Å². The zero-order valence-corrected chi connectivity index (χ0v) is 10.6. The molecule has 2 heterocycles. The Labute approximate surface area is 111 Å². The Hall–Kier alpha value is -1.53. The number of carbonyl (C=O) groups excluding carboxylic acids is 1. The summed E-state index contributed by atoms with van der Waals surface area (Å²) in [5, 5.41) is 8.68. The highest BCUT2D eigenvalue weighted by Crippen LogP contribution is 2.16. The second-order valence-corrected chi connectivity index (χ2v) is 4.46. The van der Waals surface area contributed by atoms with Gasteiger partial charge in [-0.1, -0.05) is 0 Å². The molecule has 0 bridgehead atoms. The van der Waals surface area contributed by atoms with E-state index in [9.17, 15) is 9.18 Å². The van der Waals surface area contributed by atoms with Crippen LogP contribution in [-0.2, 0) is 4.74 Å². The molecule has 2 rings (SSSR count). The number of nitrogens with zero attached hydrogens (tertiary/aromatic N) is 2. The van der Waals surface area contributed by atoms with Crippen LogP contribution in [0, 0.1) is 5.95 Å². The van der Waals surface area contributed by atoms with E-state index in [-0.39, 0.29) is 18.6 Å². The van der Waals surface area contributed by atoms with Gasteiger partial charge < -0.3 is 14.7 Å². The molecule has 1 fully saturated rings. The van der Waals surface area contributed by atoms with Gasteiger partial charge in [0.25, 0.3) is 5.91 Å². The van der Waals surface area contributed by atoms with Crippen molar-refractivity contribution in [3.8, 4) is 0 Å². The minimum Gasteiger partial charge on any atom is -0.394 e. The third kappa shape index (κ3) is 3.71. The number of rotatable bonds is 4. The SMILES string of the molecule is O=C(c1ccc(F)nc1)N1CCC(OCCO)CC1. The smallest absolute Gasteiger partial charge is 0.255 e. The maximum Gasteiger partial charge on any atom is 0.255 e. The molecule has 1 saturated heterocycles. The molecule has 1 N–H and O–H groups in total. The summed E-state index contributed by atoms with van der Waals surface area (Å²) < 4.78 is 18.1. The molecule has 5 nitrogen and oxygen atoms in total. The van der Waals surface area contributed by atoms with E-state index in [2.05, 4.69) is 4.98 Å². The van der Waals surface area contributed by atoms with Gasteiger partial charge in [0, 0.05) is 19.3 Å². The van der Waals surface area contributed by atoms with Gasteiger partial charge in [0.15, 0.2) is 0 Å². The molecule has 1 aromatic heterocycles. The summed E-state index contributed by atoms with van der Waals surface area (Å²) in [6, 6.07) is 2.63. The number of hydrogen-bond donors (Lipinski definition) is 1. The van der Waals surface area contributed by atoms with Crippen LogP contribution in [0.2, 0.25) is 0 Å². The normalized spacial score (nSPS) is 16.6. The van der Waals surface area contributed by atoms with Crippen molar-refractivity contribution >= 4 is 5.91 Å². The maximum absolute atomic E-state index is 12.7. The van der Waals surface area contributed by atoms with Gasteiger partial charge in [0.2, 0.25) is 5.95 Å². The van der Waals surface area contributed by atoms with E-state index in [0.29, 0.717) is 25.3 Å². The highest BCUT2D eigenvalue weighted by molar-refractivity contribution is 5.93. The first kappa shape index (κ1) is 13.9. The number of pyridine rings is 1. The van der Waals surface area contributed by atoms with Crippen molar-refractivity contribution in [3.63, 3.8) is 0 Å². The standard InChI is InChI=1S/C13H17FN2O3/c14-12-2-1-10(9-15-12)13(18)16-5-3-11(4-6-16)19-8-7-17/h1-2,9,11,17H,3-8H2. The Balaban J connectivity index is 1.87. The van der Waals surface area contributed by atoms with Crippen molar-refractivity contribution in [1.82, 2.24) is 9.88 Å². The number of hydrogen-bond acceptors (Lipinski definition) is 4. The van der Waals surface area contributed by atoms with E-state index in [1.165, 1.54) is 18.3 Å². The second-order valence-electron chi connectivity index (χ2n) is 4.46. The van der Waals surface area contributed by atoms with Crippen LogP contribution in [-0.4, -0.2) is 53.3 Å². The molecule has 6 heteroatoms. The van der Waals surface area contributed by atoms with Crippen LogP contribution in [0.15, 0.2) is 18.3 Å². The molecule has 1 aliphatic heterocycles. The number of halogens is 1. The fourth-order valence-electron chi connectivity index (χ4n) is 2.13. The Bertz CT molecular complexity index is 416. The average molecular weight is 268 g/mol. The van der Waals surface area contributed by atoms with E-state index in [4.69, 9.17) is 9.84 Å². The lowest BCUT2D eigenvalue weighted by Gasteiger charge is -2.31. The number of carbonyl (C=O) groups is 1. The number of aliphatic hydroxyl groups is 1. The first-order valence-electron chi connectivity index (χ1n) is 6.34. The third-order valence-electron chi connectivity index (χ3n) is 3.15. The van der Waals surface area contributed by atoms with Crippen molar-refractivity contribution in [1.29, 1.82) is 0 Å². The van der Waals surface area contributed by atoms with Crippen molar-refractivity contribution < 1.29 is 19.0 Å². The average Bonchev–Trinajstić information content (AvgIpc) is 2.46. The lowest BCUT2D eigenvalue weighted by atomic mass is 10.1. The van der Waals surface area contributed by atoms with E-state index >= 15 is 0 Å². The molecule has 19 heavy (non-hydrogen) atoms. The minimum absolute atomic E-state index is 0.0143. The summed E-state index contributed by atoms with van der Waals surface area (Å²) in [5.41, 5.74) is 0.399. The summed E-state index contributed by atoms with van der Waals surface area (Å²) in [7, 11) is 0. The quantitative estimate of drug-likeness (QED) is 0.822. The molecule has 0 spiro atoms. The van der Waals surface area contributed by atoms with Gasteiger partial charge in [-0.2, -0.15) is 4.39 Å². The van der Waals surface area contributed by atoms with Gasteiger partial charge in [-0.3, -0.25) is 4.79 Å². The first-order valence-corrected chi connectivity index (χ1v) is 6.34. The minimum atomic E-state index is -0.590. The Morgan fingerprint density at radius 2 is 2.21 bits per heavy atom. The van der Waals surface area contributed by atoms with Crippen LogP contribution in [0.3, 0.4) is 0 Å². The van der Waals surface area contributed by atoms with Crippen molar-refractivity contribution in [3.05, 3.63) is 29.8 Å². The van der Waals surface area contributed by atoms with E-state index in [0.717, 1.165) is 12.8 Å². The molecule has 104 valence electrons. The lowest BCUT2D eigenvalue weighted by molar-refractivity contribution is -0.00555. The molecule has 0 saturated carbocycles. The lowest BCUT2D eigenvalue weighted by Crippen LogP contribution is -2.41. The monoisotopic (exact) mass is 268 g/mol. The van der Waals surface area contributed by atoms with Crippen molar-refractivity contribution in [2.45, 2.75) is 18.9 Å². The van der Waals surface area contributed by atoms with Crippen LogP contribution >= 0.6 is 0 Å². The number of aromatic nitrogens is 1. The number of amides is 1. The molecular weight excluding hydrogens is 251 g/mol. The first-order chi connectivity index (χ1) is 9.20. The summed E-state index contributed by atoms with van der Waals surface area (Å²) in [4.78, 5) is 17.3.